The summed E-state index contributed by atoms with van der Waals surface area (Å²) in [5.74, 6) is 1.19. The lowest BCUT2D eigenvalue weighted by atomic mass is 10.1. The fraction of sp³-hybridized carbons (Fsp3) is 0.929. The molecule has 1 heterocycles. The zero-order valence-electron chi connectivity index (χ0n) is 11.1. The molecule has 0 aromatic carbocycles. The zero-order valence-corrected chi connectivity index (χ0v) is 11.1. The highest BCUT2D eigenvalue weighted by molar-refractivity contribution is 5.76. The van der Waals surface area contributed by atoms with Crippen molar-refractivity contribution in [2.75, 3.05) is 19.6 Å². The number of rotatable bonds is 7. The lowest BCUT2D eigenvalue weighted by Gasteiger charge is -2.26. The Balaban J connectivity index is 1.79. The van der Waals surface area contributed by atoms with Crippen LogP contribution in [-0.4, -0.2) is 36.5 Å². The van der Waals surface area contributed by atoms with Gasteiger partial charge in [-0.3, -0.25) is 4.79 Å². The van der Waals surface area contributed by atoms with E-state index in [1.54, 1.807) is 0 Å². The molecule has 0 bridgehead atoms. The molecule has 0 spiro atoms. The van der Waals surface area contributed by atoms with Gasteiger partial charge in [-0.05, 0) is 44.6 Å². The van der Waals surface area contributed by atoms with Gasteiger partial charge in [-0.25, -0.2) is 0 Å². The lowest BCUT2D eigenvalue weighted by Crippen LogP contribution is -2.42. The first-order valence-corrected chi connectivity index (χ1v) is 7.30. The number of unbranched alkanes of at least 4 members (excludes halogenated alkanes) is 1. The van der Waals surface area contributed by atoms with Crippen molar-refractivity contribution in [1.29, 1.82) is 0 Å². The summed E-state index contributed by atoms with van der Waals surface area (Å²) in [5.41, 5.74) is 0. The standard InChI is InChI=1S/C14H26N2O/c1-2-3-6-14(17)16(10-12-7-8-12)11-13-5-4-9-15-13/h12-13,15H,2-11H2,1H3. The average molecular weight is 238 g/mol. The summed E-state index contributed by atoms with van der Waals surface area (Å²) in [4.78, 5) is 14.3. The molecule has 1 saturated carbocycles. The molecule has 1 aliphatic heterocycles. The summed E-state index contributed by atoms with van der Waals surface area (Å²) in [7, 11) is 0. The van der Waals surface area contributed by atoms with Crippen molar-refractivity contribution >= 4 is 5.91 Å². The fourth-order valence-corrected chi connectivity index (χ4v) is 2.55. The van der Waals surface area contributed by atoms with Gasteiger partial charge in [0.25, 0.3) is 0 Å². The van der Waals surface area contributed by atoms with E-state index in [2.05, 4.69) is 17.1 Å². The van der Waals surface area contributed by atoms with E-state index in [9.17, 15) is 4.79 Å². The maximum Gasteiger partial charge on any atom is 0.222 e. The zero-order chi connectivity index (χ0) is 12.1. The smallest absolute Gasteiger partial charge is 0.222 e. The van der Waals surface area contributed by atoms with Gasteiger partial charge in [0, 0.05) is 25.6 Å². The number of carbonyl (C=O) groups is 1. The van der Waals surface area contributed by atoms with Gasteiger partial charge in [-0.2, -0.15) is 0 Å². The highest BCUT2D eigenvalue weighted by Gasteiger charge is 2.28. The van der Waals surface area contributed by atoms with Gasteiger partial charge >= 0.3 is 0 Å². The van der Waals surface area contributed by atoms with Crippen LogP contribution in [0, 0.1) is 5.92 Å². The van der Waals surface area contributed by atoms with E-state index in [4.69, 9.17) is 0 Å². The van der Waals surface area contributed by atoms with Gasteiger partial charge in [0.2, 0.25) is 5.91 Å². The third kappa shape index (κ3) is 4.30. The molecule has 2 fully saturated rings. The number of hydrogen-bond donors (Lipinski definition) is 1. The molecule has 2 rings (SSSR count). The monoisotopic (exact) mass is 238 g/mol. The summed E-state index contributed by atoms with van der Waals surface area (Å²) in [6.07, 6.45) is 8.07. The number of amides is 1. The minimum Gasteiger partial charge on any atom is -0.341 e. The van der Waals surface area contributed by atoms with Gasteiger partial charge < -0.3 is 10.2 Å². The summed E-state index contributed by atoms with van der Waals surface area (Å²) in [6.45, 7) is 5.24. The Morgan fingerprint density at radius 1 is 1.29 bits per heavy atom. The minimum atomic E-state index is 0.382. The van der Waals surface area contributed by atoms with Gasteiger partial charge in [0.05, 0.1) is 0 Å². The van der Waals surface area contributed by atoms with Crippen LogP contribution in [0.1, 0.15) is 51.9 Å². The Bertz CT molecular complexity index is 245. The Kier molecular flexibility index (Phi) is 4.84. The normalized spacial score (nSPS) is 23.9. The first kappa shape index (κ1) is 12.9. The maximum atomic E-state index is 12.2. The molecule has 98 valence electrons. The summed E-state index contributed by atoms with van der Waals surface area (Å²) in [6, 6.07) is 0.555. The summed E-state index contributed by atoms with van der Waals surface area (Å²) in [5, 5.41) is 3.50. The van der Waals surface area contributed by atoms with Crippen LogP contribution in [0.15, 0.2) is 0 Å². The van der Waals surface area contributed by atoms with Crippen LogP contribution < -0.4 is 5.32 Å². The SMILES string of the molecule is CCCCC(=O)N(CC1CC1)CC1CCCN1. The van der Waals surface area contributed by atoms with Crippen LogP contribution in [0.4, 0.5) is 0 Å². The predicted octanol–water partition coefficient (Wildman–Crippen LogP) is 2.17. The topological polar surface area (TPSA) is 32.3 Å². The Labute approximate surface area is 105 Å². The third-order valence-electron chi connectivity index (χ3n) is 3.88. The van der Waals surface area contributed by atoms with Crippen molar-refractivity contribution < 1.29 is 4.79 Å². The van der Waals surface area contributed by atoms with Crippen LogP contribution in [0.5, 0.6) is 0 Å². The molecule has 3 nitrogen and oxygen atoms in total. The van der Waals surface area contributed by atoms with Gasteiger partial charge in [0.15, 0.2) is 0 Å². The molecule has 1 aliphatic carbocycles. The molecule has 1 unspecified atom stereocenters. The molecule has 1 amide bonds. The molecule has 1 N–H and O–H groups in total. The van der Waals surface area contributed by atoms with E-state index in [-0.39, 0.29) is 0 Å². The highest BCUT2D eigenvalue weighted by atomic mass is 16.2. The minimum absolute atomic E-state index is 0.382. The molecular formula is C14H26N2O. The number of carbonyl (C=O) groups excluding carboxylic acids is 1. The van der Waals surface area contributed by atoms with Gasteiger partial charge in [0.1, 0.15) is 0 Å². The number of nitrogens with zero attached hydrogens (tertiary/aromatic N) is 1. The van der Waals surface area contributed by atoms with Gasteiger partial charge in [-0.15, -0.1) is 0 Å². The van der Waals surface area contributed by atoms with Crippen molar-refractivity contribution in [3.63, 3.8) is 0 Å². The molecular weight excluding hydrogens is 212 g/mol. The summed E-state index contributed by atoms with van der Waals surface area (Å²) < 4.78 is 0. The molecule has 1 saturated heterocycles. The van der Waals surface area contributed by atoms with Crippen LogP contribution in [0.3, 0.4) is 0 Å². The number of nitrogens with one attached hydrogen (secondary N) is 1. The molecule has 1 atom stereocenters. The quantitative estimate of drug-likeness (QED) is 0.737. The Hall–Kier alpha value is -0.570. The molecule has 0 aromatic rings. The van der Waals surface area contributed by atoms with Crippen molar-refractivity contribution in [3.05, 3.63) is 0 Å². The largest absolute Gasteiger partial charge is 0.341 e. The molecule has 0 radical (unpaired) electrons. The fourth-order valence-electron chi connectivity index (χ4n) is 2.55. The Morgan fingerprint density at radius 2 is 2.12 bits per heavy atom. The first-order valence-electron chi connectivity index (χ1n) is 7.30. The lowest BCUT2D eigenvalue weighted by molar-refractivity contribution is -0.131. The van der Waals surface area contributed by atoms with Crippen LogP contribution in [0.2, 0.25) is 0 Å². The Morgan fingerprint density at radius 3 is 2.71 bits per heavy atom. The van der Waals surface area contributed by atoms with E-state index in [0.29, 0.717) is 11.9 Å². The van der Waals surface area contributed by atoms with Gasteiger partial charge in [-0.1, -0.05) is 13.3 Å². The van der Waals surface area contributed by atoms with Crippen molar-refractivity contribution in [3.8, 4) is 0 Å². The van der Waals surface area contributed by atoms with E-state index >= 15 is 0 Å². The third-order valence-corrected chi connectivity index (χ3v) is 3.88. The second-order valence-corrected chi connectivity index (χ2v) is 5.64. The van der Waals surface area contributed by atoms with Crippen LogP contribution in [-0.2, 0) is 4.79 Å². The summed E-state index contributed by atoms with van der Waals surface area (Å²) >= 11 is 0. The van der Waals surface area contributed by atoms with Crippen molar-refractivity contribution in [2.45, 2.75) is 57.9 Å². The predicted molar refractivity (Wildman–Crippen MR) is 69.9 cm³/mol. The second kappa shape index (κ2) is 6.39. The second-order valence-electron chi connectivity index (χ2n) is 5.64. The van der Waals surface area contributed by atoms with E-state index < -0.39 is 0 Å². The van der Waals surface area contributed by atoms with E-state index in [1.807, 2.05) is 0 Å². The average Bonchev–Trinajstić information content (AvgIpc) is 2.99. The van der Waals surface area contributed by atoms with Crippen LogP contribution in [0.25, 0.3) is 0 Å². The van der Waals surface area contributed by atoms with Crippen LogP contribution >= 0.6 is 0 Å². The molecule has 2 aliphatic rings. The highest BCUT2D eigenvalue weighted by Crippen LogP contribution is 2.30. The first-order chi connectivity index (χ1) is 8.29. The van der Waals surface area contributed by atoms with Crippen molar-refractivity contribution in [1.82, 2.24) is 10.2 Å². The molecule has 0 aromatic heterocycles. The maximum absolute atomic E-state index is 12.2. The van der Waals surface area contributed by atoms with Crippen molar-refractivity contribution in [2.24, 2.45) is 5.92 Å². The molecule has 3 heteroatoms. The number of hydrogen-bond acceptors (Lipinski definition) is 2. The van der Waals surface area contributed by atoms with E-state index in [1.165, 1.54) is 25.7 Å². The molecule has 17 heavy (non-hydrogen) atoms. The van der Waals surface area contributed by atoms with E-state index in [0.717, 1.165) is 44.8 Å².